The van der Waals surface area contributed by atoms with Crippen LogP contribution in [-0.4, -0.2) is 17.2 Å². The maximum absolute atomic E-state index is 12.0. The molecule has 5 heteroatoms. The number of rotatable bonds is 3. The minimum atomic E-state index is -0.316. The van der Waals surface area contributed by atoms with E-state index in [0.29, 0.717) is 10.8 Å². The highest BCUT2D eigenvalue weighted by Gasteiger charge is 2.27. The first-order chi connectivity index (χ1) is 13.1. The number of imide groups is 1. The molecule has 1 aliphatic carbocycles. The third-order valence-corrected chi connectivity index (χ3v) is 6.09. The minimum Gasteiger partial charge on any atom is -0.328 e. The molecule has 1 unspecified atom stereocenters. The summed E-state index contributed by atoms with van der Waals surface area (Å²) in [6, 6.07) is 16.9. The monoisotopic (exact) mass is 378 g/mol. The zero-order valence-corrected chi connectivity index (χ0v) is 15.8. The molecule has 1 heterocycles. The highest BCUT2D eigenvalue weighted by Crippen LogP contribution is 2.38. The lowest BCUT2D eigenvalue weighted by atomic mass is 9.79. The first-order valence-electron chi connectivity index (χ1n) is 9.30. The second-order valence-corrected chi connectivity index (χ2v) is 8.20. The van der Waals surface area contributed by atoms with Crippen LogP contribution in [0.1, 0.15) is 42.7 Å². The zero-order chi connectivity index (χ0) is 18.8. The van der Waals surface area contributed by atoms with Crippen LogP contribution in [0.15, 0.2) is 53.4 Å². The van der Waals surface area contributed by atoms with Crippen molar-refractivity contribution in [1.82, 2.24) is 5.32 Å². The summed E-state index contributed by atoms with van der Waals surface area (Å²) >= 11 is 0.962. The van der Waals surface area contributed by atoms with Gasteiger partial charge >= 0.3 is 0 Å². The highest BCUT2D eigenvalue weighted by molar-refractivity contribution is 8.18. The molecule has 0 aromatic heterocycles. The zero-order valence-electron chi connectivity index (χ0n) is 15.0. The van der Waals surface area contributed by atoms with Crippen LogP contribution in [-0.2, 0) is 4.79 Å². The van der Waals surface area contributed by atoms with Gasteiger partial charge in [-0.3, -0.25) is 14.9 Å². The summed E-state index contributed by atoms with van der Waals surface area (Å²) < 4.78 is 0. The van der Waals surface area contributed by atoms with Gasteiger partial charge < -0.3 is 5.73 Å². The lowest BCUT2D eigenvalue weighted by molar-refractivity contribution is -0.115. The van der Waals surface area contributed by atoms with E-state index >= 15 is 0 Å². The molecule has 27 heavy (non-hydrogen) atoms. The number of nitrogens with one attached hydrogen (secondary N) is 1. The van der Waals surface area contributed by atoms with Crippen molar-refractivity contribution in [3.8, 4) is 11.1 Å². The average Bonchev–Trinajstić information content (AvgIpc) is 2.99. The van der Waals surface area contributed by atoms with Crippen LogP contribution >= 0.6 is 11.8 Å². The van der Waals surface area contributed by atoms with Crippen molar-refractivity contribution in [2.45, 2.75) is 37.6 Å². The fraction of sp³-hybridized carbons (Fsp3) is 0.273. The molecule has 0 radical (unpaired) electrons. The normalized spacial score (nSPS) is 24.3. The van der Waals surface area contributed by atoms with E-state index in [0.717, 1.165) is 48.6 Å². The number of hydrogen-bond donors (Lipinski definition) is 2. The van der Waals surface area contributed by atoms with Crippen molar-refractivity contribution in [2.75, 3.05) is 0 Å². The molecule has 3 N–H and O–H groups in total. The fourth-order valence-electron chi connectivity index (χ4n) is 3.94. The van der Waals surface area contributed by atoms with Crippen LogP contribution < -0.4 is 11.1 Å². The Hall–Kier alpha value is -2.37. The van der Waals surface area contributed by atoms with Gasteiger partial charge in [-0.15, -0.1) is 0 Å². The third-order valence-electron chi connectivity index (χ3n) is 5.28. The molecule has 0 bridgehead atoms. The number of nitrogens with two attached hydrogens (primary N) is 1. The molecule has 2 aromatic rings. The van der Waals surface area contributed by atoms with E-state index in [4.69, 9.17) is 5.73 Å². The van der Waals surface area contributed by atoms with Gasteiger partial charge in [0, 0.05) is 6.04 Å². The Kier molecular flexibility index (Phi) is 5.14. The Morgan fingerprint density at radius 2 is 1.85 bits per heavy atom. The summed E-state index contributed by atoms with van der Waals surface area (Å²) in [5.41, 5.74) is 10.8. The van der Waals surface area contributed by atoms with Gasteiger partial charge in [0.15, 0.2) is 0 Å². The Morgan fingerprint density at radius 3 is 2.56 bits per heavy atom. The fourth-order valence-corrected chi connectivity index (χ4v) is 4.62. The number of carbonyl (C=O) groups excluding carboxylic acids is 2. The van der Waals surface area contributed by atoms with Gasteiger partial charge in [-0.1, -0.05) is 55.0 Å². The number of thioether (sulfide) groups is 1. The van der Waals surface area contributed by atoms with E-state index in [9.17, 15) is 9.59 Å². The Labute approximate surface area is 163 Å². The molecule has 4 nitrogen and oxygen atoms in total. The maximum Gasteiger partial charge on any atom is 0.290 e. The molecule has 1 saturated carbocycles. The molecule has 4 rings (SSSR count). The summed E-state index contributed by atoms with van der Waals surface area (Å²) in [5.74, 6) is 0.0536. The van der Waals surface area contributed by atoms with Crippen LogP contribution in [0.5, 0.6) is 0 Å². The van der Waals surface area contributed by atoms with Crippen LogP contribution in [0, 0.1) is 0 Å². The summed E-state index contributed by atoms with van der Waals surface area (Å²) in [4.78, 5) is 23.9. The van der Waals surface area contributed by atoms with Crippen molar-refractivity contribution in [1.29, 1.82) is 0 Å². The molecule has 2 amide bonds. The lowest BCUT2D eigenvalue weighted by Crippen LogP contribution is -2.27. The van der Waals surface area contributed by atoms with Crippen molar-refractivity contribution < 1.29 is 9.59 Å². The molecule has 2 aromatic carbocycles. The van der Waals surface area contributed by atoms with Gasteiger partial charge in [-0.2, -0.15) is 0 Å². The van der Waals surface area contributed by atoms with Gasteiger partial charge in [0.05, 0.1) is 4.91 Å². The summed E-state index contributed by atoms with van der Waals surface area (Å²) in [5, 5.41) is 2.02. The van der Waals surface area contributed by atoms with Crippen LogP contribution in [0.4, 0.5) is 4.79 Å². The van der Waals surface area contributed by atoms with E-state index in [1.54, 1.807) is 0 Å². The molecule has 138 valence electrons. The van der Waals surface area contributed by atoms with Crippen molar-refractivity contribution in [3.05, 3.63) is 64.6 Å². The van der Waals surface area contributed by atoms with E-state index < -0.39 is 0 Å². The quantitative estimate of drug-likeness (QED) is 0.762. The van der Waals surface area contributed by atoms with Gasteiger partial charge in [-0.05, 0) is 65.3 Å². The second kappa shape index (κ2) is 7.71. The van der Waals surface area contributed by atoms with Crippen molar-refractivity contribution >= 4 is 29.0 Å². The van der Waals surface area contributed by atoms with Crippen molar-refractivity contribution in [3.63, 3.8) is 0 Å². The van der Waals surface area contributed by atoms with Gasteiger partial charge in [0.25, 0.3) is 11.1 Å². The molecular weight excluding hydrogens is 356 g/mol. The molecule has 2 aliphatic rings. The van der Waals surface area contributed by atoms with Gasteiger partial charge in [0.2, 0.25) is 0 Å². The third kappa shape index (κ3) is 3.99. The van der Waals surface area contributed by atoms with Crippen LogP contribution in [0.2, 0.25) is 0 Å². The second-order valence-electron chi connectivity index (χ2n) is 7.19. The summed E-state index contributed by atoms with van der Waals surface area (Å²) in [6.07, 6.45) is 6.07. The minimum absolute atomic E-state index is 0.218. The average molecular weight is 378 g/mol. The maximum atomic E-state index is 12.0. The Balaban J connectivity index is 1.77. The largest absolute Gasteiger partial charge is 0.328 e. The predicted octanol–water partition coefficient (Wildman–Crippen LogP) is 4.66. The SMILES string of the molecule is N[C@@H]1CCCC(c2cc(-c3ccccc3)ccc2/C=C2\SC(=O)NC2=O)C1. The van der Waals surface area contributed by atoms with Crippen LogP contribution in [0.25, 0.3) is 17.2 Å². The number of amides is 2. The predicted molar refractivity (Wildman–Crippen MR) is 110 cm³/mol. The molecule has 1 aliphatic heterocycles. The molecule has 2 fully saturated rings. The van der Waals surface area contributed by atoms with E-state index in [-0.39, 0.29) is 17.2 Å². The van der Waals surface area contributed by atoms with E-state index in [1.165, 1.54) is 11.1 Å². The van der Waals surface area contributed by atoms with E-state index in [2.05, 4.69) is 35.6 Å². The van der Waals surface area contributed by atoms with E-state index in [1.807, 2.05) is 24.3 Å². The van der Waals surface area contributed by atoms with Crippen LogP contribution in [0.3, 0.4) is 0 Å². The summed E-state index contributed by atoms with van der Waals surface area (Å²) in [7, 11) is 0. The first kappa shape index (κ1) is 18.0. The van der Waals surface area contributed by atoms with Gasteiger partial charge in [0.1, 0.15) is 0 Å². The number of benzene rings is 2. The van der Waals surface area contributed by atoms with Crippen molar-refractivity contribution in [2.24, 2.45) is 5.73 Å². The molecule has 0 spiro atoms. The van der Waals surface area contributed by atoms with Gasteiger partial charge in [-0.25, -0.2) is 0 Å². The number of carbonyl (C=O) groups is 2. The first-order valence-corrected chi connectivity index (χ1v) is 10.1. The molecule has 1 saturated heterocycles. The highest BCUT2D eigenvalue weighted by atomic mass is 32.2. The number of hydrogen-bond acceptors (Lipinski definition) is 4. The Morgan fingerprint density at radius 1 is 1.04 bits per heavy atom. The summed E-state index contributed by atoms with van der Waals surface area (Å²) in [6.45, 7) is 0. The Bertz CT molecular complexity index is 908. The lowest BCUT2D eigenvalue weighted by Gasteiger charge is -2.28. The molecule has 2 atom stereocenters. The topological polar surface area (TPSA) is 72.2 Å². The smallest absolute Gasteiger partial charge is 0.290 e. The molecular formula is C22H22N2O2S. The standard InChI is InChI=1S/C22H22N2O2S/c23-18-8-4-7-16(11-18)19-12-15(14-5-2-1-3-6-14)9-10-17(19)13-20-21(25)24-22(26)27-20/h1-3,5-6,9-10,12-13,16,18H,4,7-8,11,23H2,(H,24,25,26)/b20-13-/t16?,18-/m1/s1.